The van der Waals surface area contributed by atoms with Crippen molar-refractivity contribution in [2.45, 2.75) is 19.9 Å². The van der Waals surface area contributed by atoms with Gasteiger partial charge in [-0.15, -0.1) is 0 Å². The Morgan fingerprint density at radius 2 is 2.11 bits per heavy atom. The van der Waals surface area contributed by atoms with Crippen LogP contribution in [0.2, 0.25) is 0 Å². The lowest BCUT2D eigenvalue weighted by Crippen LogP contribution is -2.32. The molecule has 98 valence electrons. The number of H-pyrrole nitrogens is 1. The van der Waals surface area contributed by atoms with E-state index >= 15 is 0 Å². The Kier molecular flexibility index (Phi) is 3.75. The van der Waals surface area contributed by atoms with Crippen LogP contribution in [0.1, 0.15) is 34.7 Å². The van der Waals surface area contributed by atoms with E-state index < -0.39 is 5.91 Å². The van der Waals surface area contributed by atoms with Crippen LogP contribution in [-0.4, -0.2) is 15.9 Å². The van der Waals surface area contributed by atoms with Gasteiger partial charge in [0, 0.05) is 11.9 Å². The highest BCUT2D eigenvalue weighted by Crippen LogP contribution is 2.08. The monoisotopic (exact) mass is 257 g/mol. The highest BCUT2D eigenvalue weighted by molar-refractivity contribution is 5.94. The van der Waals surface area contributed by atoms with Crippen LogP contribution in [0.5, 0.6) is 0 Å². The van der Waals surface area contributed by atoms with E-state index in [0.29, 0.717) is 0 Å². The molecule has 0 radical (unpaired) electrons. The van der Waals surface area contributed by atoms with E-state index in [2.05, 4.69) is 15.3 Å². The van der Waals surface area contributed by atoms with Crippen LogP contribution in [0.15, 0.2) is 41.3 Å². The molecule has 5 heteroatoms. The van der Waals surface area contributed by atoms with E-state index in [-0.39, 0.29) is 17.2 Å². The molecule has 1 amide bonds. The number of nitrogens with zero attached hydrogens (tertiary/aromatic N) is 1. The summed E-state index contributed by atoms with van der Waals surface area (Å²) in [5.74, 6) is -0.403. The van der Waals surface area contributed by atoms with Crippen LogP contribution in [0.25, 0.3) is 0 Å². The number of hydrogen-bond acceptors (Lipinski definition) is 3. The molecule has 2 heterocycles. The highest BCUT2D eigenvalue weighted by atomic mass is 16.2. The lowest BCUT2D eigenvalue weighted by Gasteiger charge is -2.12. The van der Waals surface area contributed by atoms with Gasteiger partial charge in [0.05, 0.1) is 11.7 Å². The molecular weight excluding hydrogens is 242 g/mol. The molecule has 2 aromatic heterocycles. The minimum Gasteiger partial charge on any atom is -0.344 e. The summed E-state index contributed by atoms with van der Waals surface area (Å²) in [6.45, 7) is 3.59. The van der Waals surface area contributed by atoms with Crippen LogP contribution >= 0.6 is 0 Å². The third-order valence-electron chi connectivity index (χ3n) is 2.78. The standard InChI is InChI=1S/C14H15N3O2/c1-9-6-7-11(13(18)16-9)14(19)17-10(2)12-5-3-4-8-15-12/h3-8,10H,1-2H3,(H,16,18)(H,17,19)/t10-/m1/s1. The van der Waals surface area contributed by atoms with Gasteiger partial charge < -0.3 is 10.3 Å². The first-order valence-corrected chi connectivity index (χ1v) is 5.99. The number of rotatable bonds is 3. The van der Waals surface area contributed by atoms with Gasteiger partial charge in [0.25, 0.3) is 11.5 Å². The summed E-state index contributed by atoms with van der Waals surface area (Å²) in [5.41, 5.74) is 1.19. The average molecular weight is 257 g/mol. The van der Waals surface area contributed by atoms with Crippen molar-refractivity contribution in [3.05, 3.63) is 63.8 Å². The molecular formula is C14H15N3O2. The molecule has 1 atom stereocenters. The second-order valence-corrected chi connectivity index (χ2v) is 4.33. The van der Waals surface area contributed by atoms with Crippen molar-refractivity contribution < 1.29 is 4.79 Å². The van der Waals surface area contributed by atoms with Gasteiger partial charge in [-0.3, -0.25) is 14.6 Å². The van der Waals surface area contributed by atoms with Crippen molar-refractivity contribution in [2.75, 3.05) is 0 Å². The molecule has 2 N–H and O–H groups in total. The van der Waals surface area contributed by atoms with Gasteiger partial charge in [-0.1, -0.05) is 6.07 Å². The molecule has 0 aliphatic carbocycles. The van der Waals surface area contributed by atoms with Gasteiger partial charge in [-0.05, 0) is 38.1 Å². The highest BCUT2D eigenvalue weighted by Gasteiger charge is 2.14. The summed E-state index contributed by atoms with van der Waals surface area (Å²) in [4.78, 5) is 30.4. The zero-order valence-electron chi connectivity index (χ0n) is 10.8. The van der Waals surface area contributed by atoms with Gasteiger partial charge in [0.15, 0.2) is 0 Å². The van der Waals surface area contributed by atoms with E-state index in [9.17, 15) is 9.59 Å². The van der Waals surface area contributed by atoms with Crippen LogP contribution in [0.4, 0.5) is 0 Å². The molecule has 0 saturated heterocycles. The van der Waals surface area contributed by atoms with Crippen molar-refractivity contribution >= 4 is 5.91 Å². The Bertz CT molecular complexity index is 635. The van der Waals surface area contributed by atoms with Crippen LogP contribution in [-0.2, 0) is 0 Å². The van der Waals surface area contributed by atoms with Crippen molar-refractivity contribution in [3.63, 3.8) is 0 Å². The van der Waals surface area contributed by atoms with Crippen molar-refractivity contribution in [2.24, 2.45) is 0 Å². The molecule has 0 unspecified atom stereocenters. The molecule has 19 heavy (non-hydrogen) atoms. The Hall–Kier alpha value is -2.43. The van der Waals surface area contributed by atoms with Crippen molar-refractivity contribution in [1.29, 1.82) is 0 Å². The van der Waals surface area contributed by atoms with Gasteiger partial charge in [0.2, 0.25) is 0 Å². The van der Waals surface area contributed by atoms with Gasteiger partial charge in [-0.25, -0.2) is 0 Å². The Labute approximate surface area is 110 Å². The summed E-state index contributed by atoms with van der Waals surface area (Å²) in [7, 11) is 0. The zero-order valence-corrected chi connectivity index (χ0v) is 10.8. The Morgan fingerprint density at radius 1 is 1.32 bits per heavy atom. The quantitative estimate of drug-likeness (QED) is 0.876. The molecule has 2 rings (SSSR count). The normalized spacial score (nSPS) is 11.9. The zero-order chi connectivity index (χ0) is 13.8. The van der Waals surface area contributed by atoms with E-state index in [1.54, 1.807) is 19.2 Å². The SMILES string of the molecule is Cc1ccc(C(=O)N[C@H](C)c2ccccn2)c(=O)[nH]1. The number of carbonyl (C=O) groups is 1. The van der Waals surface area contributed by atoms with E-state index in [1.807, 2.05) is 25.1 Å². The van der Waals surface area contributed by atoms with E-state index in [4.69, 9.17) is 0 Å². The van der Waals surface area contributed by atoms with Gasteiger partial charge in [-0.2, -0.15) is 0 Å². The number of nitrogens with one attached hydrogen (secondary N) is 2. The van der Waals surface area contributed by atoms with Crippen molar-refractivity contribution in [3.8, 4) is 0 Å². The summed E-state index contributed by atoms with van der Waals surface area (Å²) >= 11 is 0. The maximum Gasteiger partial charge on any atom is 0.260 e. The summed E-state index contributed by atoms with van der Waals surface area (Å²) < 4.78 is 0. The smallest absolute Gasteiger partial charge is 0.260 e. The summed E-state index contributed by atoms with van der Waals surface area (Å²) in [6, 6.07) is 8.45. The summed E-state index contributed by atoms with van der Waals surface area (Å²) in [5, 5.41) is 2.75. The van der Waals surface area contributed by atoms with Gasteiger partial charge in [0.1, 0.15) is 5.56 Å². The van der Waals surface area contributed by atoms with E-state index in [0.717, 1.165) is 11.4 Å². The molecule has 0 aliphatic heterocycles. The Balaban J connectivity index is 2.15. The number of aromatic nitrogens is 2. The van der Waals surface area contributed by atoms with Crippen LogP contribution < -0.4 is 10.9 Å². The average Bonchev–Trinajstić information content (AvgIpc) is 2.39. The fourth-order valence-corrected chi connectivity index (χ4v) is 1.73. The topological polar surface area (TPSA) is 74.8 Å². The predicted molar refractivity (Wildman–Crippen MR) is 71.9 cm³/mol. The number of pyridine rings is 2. The fraction of sp³-hybridized carbons (Fsp3) is 0.214. The first-order chi connectivity index (χ1) is 9.08. The number of aryl methyl sites for hydroxylation is 1. The lowest BCUT2D eigenvalue weighted by atomic mass is 10.2. The molecule has 0 fully saturated rings. The molecule has 5 nitrogen and oxygen atoms in total. The third-order valence-corrected chi connectivity index (χ3v) is 2.78. The lowest BCUT2D eigenvalue weighted by molar-refractivity contribution is 0.0937. The molecule has 2 aromatic rings. The van der Waals surface area contributed by atoms with Crippen LogP contribution in [0, 0.1) is 6.92 Å². The molecule has 0 saturated carbocycles. The predicted octanol–water partition coefficient (Wildman–Crippen LogP) is 1.57. The van der Waals surface area contributed by atoms with Crippen LogP contribution in [0.3, 0.4) is 0 Å². The minimum absolute atomic E-state index is 0.105. The first kappa shape index (κ1) is 13.0. The Morgan fingerprint density at radius 3 is 2.74 bits per heavy atom. The number of carbonyl (C=O) groups excluding carboxylic acids is 1. The first-order valence-electron chi connectivity index (χ1n) is 5.99. The maximum absolute atomic E-state index is 12.0. The maximum atomic E-state index is 12.0. The fourth-order valence-electron chi connectivity index (χ4n) is 1.73. The molecule has 0 aliphatic rings. The molecule has 0 spiro atoms. The largest absolute Gasteiger partial charge is 0.344 e. The second kappa shape index (κ2) is 5.48. The third kappa shape index (κ3) is 3.07. The molecule has 0 bridgehead atoms. The van der Waals surface area contributed by atoms with Crippen molar-refractivity contribution in [1.82, 2.24) is 15.3 Å². The number of amides is 1. The second-order valence-electron chi connectivity index (χ2n) is 4.33. The van der Waals surface area contributed by atoms with E-state index in [1.165, 1.54) is 6.07 Å². The summed E-state index contributed by atoms with van der Waals surface area (Å²) in [6.07, 6.45) is 1.66. The number of hydrogen-bond donors (Lipinski definition) is 2. The molecule has 0 aromatic carbocycles. The minimum atomic E-state index is -0.403. The number of aromatic amines is 1. The van der Waals surface area contributed by atoms with Gasteiger partial charge >= 0.3 is 0 Å².